The number of rotatable bonds is 3. The van der Waals surface area contributed by atoms with Gasteiger partial charge in [-0.05, 0) is 30.3 Å². The Morgan fingerprint density at radius 1 is 1.26 bits per heavy atom. The minimum atomic E-state index is -3.86. The molecule has 1 aromatic heterocycles. The molecule has 0 saturated carbocycles. The summed E-state index contributed by atoms with van der Waals surface area (Å²) in [5, 5.41) is 8.52. The van der Waals surface area contributed by atoms with E-state index in [1.807, 2.05) is 6.07 Å². The van der Waals surface area contributed by atoms with Crippen LogP contribution in [0.15, 0.2) is 47.6 Å². The van der Waals surface area contributed by atoms with Crippen LogP contribution in [0.1, 0.15) is 5.56 Å². The molecule has 0 aliphatic carbocycles. The van der Waals surface area contributed by atoms with E-state index in [0.29, 0.717) is 5.56 Å². The Morgan fingerprint density at radius 2 is 2.05 bits per heavy atom. The van der Waals surface area contributed by atoms with E-state index in [-0.39, 0.29) is 16.4 Å². The highest BCUT2D eigenvalue weighted by molar-refractivity contribution is 7.92. The number of nitrogens with one attached hydrogen (secondary N) is 1. The second-order valence-electron chi connectivity index (χ2n) is 3.70. The molecule has 2 aromatic rings. The van der Waals surface area contributed by atoms with Gasteiger partial charge in [0.05, 0.1) is 23.0 Å². The summed E-state index contributed by atoms with van der Waals surface area (Å²) in [5.41, 5.74) is 6.28. The van der Waals surface area contributed by atoms with E-state index in [1.165, 1.54) is 24.4 Å². The average molecular weight is 274 g/mol. The number of hydrogen-bond donors (Lipinski definition) is 2. The lowest BCUT2D eigenvalue weighted by atomic mass is 10.2. The molecule has 0 aliphatic rings. The molecule has 0 radical (unpaired) electrons. The van der Waals surface area contributed by atoms with E-state index in [4.69, 9.17) is 11.0 Å². The zero-order chi connectivity index (χ0) is 13.9. The summed E-state index contributed by atoms with van der Waals surface area (Å²) in [6, 6.07) is 11.1. The first-order valence-corrected chi connectivity index (χ1v) is 6.75. The molecule has 0 fully saturated rings. The molecule has 0 amide bonds. The third-order valence-corrected chi connectivity index (χ3v) is 3.65. The van der Waals surface area contributed by atoms with Crippen molar-refractivity contribution in [3.05, 3.63) is 48.2 Å². The normalized spacial score (nSPS) is 10.7. The molecule has 0 unspecified atom stereocenters. The minimum absolute atomic E-state index is 0.0615. The van der Waals surface area contributed by atoms with Gasteiger partial charge < -0.3 is 5.73 Å². The molecular formula is C12H10N4O2S. The van der Waals surface area contributed by atoms with Crippen LogP contribution in [0.4, 0.5) is 11.4 Å². The molecule has 1 aromatic carbocycles. The van der Waals surface area contributed by atoms with Gasteiger partial charge in [-0.2, -0.15) is 13.7 Å². The predicted octanol–water partition coefficient (Wildman–Crippen LogP) is 1.34. The Kier molecular flexibility index (Phi) is 3.35. The SMILES string of the molecule is N#Cc1cccc(NS(=O)(=O)c2ncccc2N)c1. The molecule has 2 rings (SSSR count). The maximum Gasteiger partial charge on any atom is 0.281 e. The van der Waals surface area contributed by atoms with Crippen LogP contribution in [0, 0.1) is 11.3 Å². The molecule has 19 heavy (non-hydrogen) atoms. The lowest BCUT2D eigenvalue weighted by Crippen LogP contribution is -2.16. The van der Waals surface area contributed by atoms with Crippen molar-refractivity contribution in [2.45, 2.75) is 5.03 Å². The fourth-order valence-corrected chi connectivity index (χ4v) is 2.60. The fraction of sp³-hybridized carbons (Fsp3) is 0. The van der Waals surface area contributed by atoms with Crippen LogP contribution in [0.2, 0.25) is 0 Å². The number of sulfonamides is 1. The quantitative estimate of drug-likeness (QED) is 0.877. The van der Waals surface area contributed by atoms with Gasteiger partial charge in [-0.25, -0.2) is 4.98 Å². The monoisotopic (exact) mass is 274 g/mol. The van der Waals surface area contributed by atoms with E-state index in [2.05, 4.69) is 9.71 Å². The number of nitriles is 1. The summed E-state index contributed by atoms with van der Waals surface area (Å²) in [5.74, 6) is 0. The van der Waals surface area contributed by atoms with Gasteiger partial charge in [-0.1, -0.05) is 6.07 Å². The van der Waals surface area contributed by atoms with Gasteiger partial charge in [-0.3, -0.25) is 4.72 Å². The summed E-state index contributed by atoms with van der Waals surface area (Å²) >= 11 is 0. The molecule has 6 nitrogen and oxygen atoms in total. The minimum Gasteiger partial charge on any atom is -0.396 e. The highest BCUT2D eigenvalue weighted by Gasteiger charge is 2.18. The van der Waals surface area contributed by atoms with Crippen molar-refractivity contribution in [3.63, 3.8) is 0 Å². The van der Waals surface area contributed by atoms with Crippen molar-refractivity contribution in [2.24, 2.45) is 0 Å². The van der Waals surface area contributed by atoms with E-state index in [1.54, 1.807) is 18.2 Å². The van der Waals surface area contributed by atoms with Gasteiger partial charge >= 0.3 is 0 Å². The smallest absolute Gasteiger partial charge is 0.281 e. The number of anilines is 2. The Labute approximate surface area is 110 Å². The molecule has 1 heterocycles. The van der Waals surface area contributed by atoms with Crippen LogP contribution in [0.3, 0.4) is 0 Å². The van der Waals surface area contributed by atoms with Crippen molar-refractivity contribution in [1.29, 1.82) is 5.26 Å². The van der Waals surface area contributed by atoms with Crippen LogP contribution in [-0.4, -0.2) is 13.4 Å². The zero-order valence-electron chi connectivity index (χ0n) is 9.74. The van der Waals surface area contributed by atoms with Gasteiger partial charge in [0.25, 0.3) is 10.0 Å². The van der Waals surface area contributed by atoms with Crippen LogP contribution in [0.5, 0.6) is 0 Å². The van der Waals surface area contributed by atoms with E-state index >= 15 is 0 Å². The van der Waals surface area contributed by atoms with Crippen molar-refractivity contribution in [1.82, 2.24) is 4.98 Å². The van der Waals surface area contributed by atoms with E-state index in [9.17, 15) is 8.42 Å². The van der Waals surface area contributed by atoms with Gasteiger partial charge in [0.15, 0.2) is 5.03 Å². The Bertz CT molecular complexity index is 750. The first-order chi connectivity index (χ1) is 9.03. The molecule has 7 heteroatoms. The molecule has 0 bridgehead atoms. The van der Waals surface area contributed by atoms with Crippen LogP contribution in [-0.2, 0) is 10.0 Å². The number of nitrogens with two attached hydrogens (primary N) is 1. The fourth-order valence-electron chi connectivity index (χ4n) is 1.48. The zero-order valence-corrected chi connectivity index (χ0v) is 10.6. The second kappa shape index (κ2) is 4.96. The Balaban J connectivity index is 2.37. The van der Waals surface area contributed by atoms with Crippen molar-refractivity contribution in [3.8, 4) is 6.07 Å². The predicted molar refractivity (Wildman–Crippen MR) is 70.6 cm³/mol. The van der Waals surface area contributed by atoms with Gasteiger partial charge in [0.2, 0.25) is 0 Å². The lowest BCUT2D eigenvalue weighted by molar-refractivity contribution is 0.598. The topological polar surface area (TPSA) is 109 Å². The largest absolute Gasteiger partial charge is 0.396 e. The summed E-state index contributed by atoms with van der Waals surface area (Å²) in [6.45, 7) is 0. The van der Waals surface area contributed by atoms with E-state index in [0.717, 1.165) is 0 Å². The third-order valence-electron chi connectivity index (χ3n) is 2.30. The third kappa shape index (κ3) is 2.81. The summed E-state index contributed by atoms with van der Waals surface area (Å²) in [4.78, 5) is 3.75. The summed E-state index contributed by atoms with van der Waals surface area (Å²) in [6.07, 6.45) is 1.34. The molecule has 0 atom stereocenters. The highest BCUT2D eigenvalue weighted by Crippen LogP contribution is 2.19. The molecule has 3 N–H and O–H groups in total. The maximum atomic E-state index is 12.1. The molecular weight excluding hydrogens is 264 g/mol. The summed E-state index contributed by atoms with van der Waals surface area (Å²) in [7, 11) is -3.86. The number of pyridine rings is 1. The van der Waals surface area contributed by atoms with Gasteiger partial charge in [0.1, 0.15) is 0 Å². The van der Waals surface area contributed by atoms with Crippen LogP contribution >= 0.6 is 0 Å². The van der Waals surface area contributed by atoms with Gasteiger partial charge in [-0.15, -0.1) is 0 Å². The molecule has 0 aliphatic heterocycles. The summed E-state index contributed by atoms with van der Waals surface area (Å²) < 4.78 is 26.5. The van der Waals surface area contributed by atoms with Crippen LogP contribution < -0.4 is 10.5 Å². The average Bonchev–Trinajstić information content (AvgIpc) is 2.38. The number of hydrogen-bond acceptors (Lipinski definition) is 5. The van der Waals surface area contributed by atoms with Crippen LogP contribution in [0.25, 0.3) is 0 Å². The molecule has 96 valence electrons. The van der Waals surface area contributed by atoms with Crippen molar-refractivity contribution in [2.75, 3.05) is 10.5 Å². The Morgan fingerprint density at radius 3 is 2.74 bits per heavy atom. The highest BCUT2D eigenvalue weighted by atomic mass is 32.2. The first-order valence-electron chi connectivity index (χ1n) is 5.26. The second-order valence-corrected chi connectivity index (χ2v) is 5.29. The molecule has 0 saturated heterocycles. The van der Waals surface area contributed by atoms with E-state index < -0.39 is 10.0 Å². The van der Waals surface area contributed by atoms with Crippen molar-refractivity contribution < 1.29 is 8.42 Å². The Hall–Kier alpha value is -2.59. The lowest BCUT2D eigenvalue weighted by Gasteiger charge is -2.08. The number of benzene rings is 1. The van der Waals surface area contributed by atoms with Gasteiger partial charge in [0, 0.05) is 6.20 Å². The van der Waals surface area contributed by atoms with Crippen molar-refractivity contribution >= 4 is 21.4 Å². The number of nitrogen functional groups attached to an aromatic ring is 1. The maximum absolute atomic E-state index is 12.1. The standard InChI is InChI=1S/C12H10N4O2S/c13-8-9-3-1-4-10(7-9)16-19(17,18)12-11(14)5-2-6-15-12/h1-7,16H,14H2. The number of aromatic nitrogens is 1. The molecule has 0 spiro atoms. The first kappa shape index (κ1) is 12.9. The number of nitrogens with zero attached hydrogens (tertiary/aromatic N) is 2.